The van der Waals surface area contributed by atoms with Crippen molar-refractivity contribution in [2.45, 2.75) is 17.4 Å². The first kappa shape index (κ1) is 22.9. The molecule has 1 aromatic heterocycles. The summed E-state index contributed by atoms with van der Waals surface area (Å²) >= 11 is 0. The van der Waals surface area contributed by atoms with Gasteiger partial charge in [-0.15, -0.1) is 0 Å². The zero-order valence-electron chi connectivity index (χ0n) is 18.8. The zero-order valence-corrected chi connectivity index (χ0v) is 19.6. The van der Waals surface area contributed by atoms with Crippen LogP contribution >= 0.6 is 0 Å². The average molecular weight is 494 g/mol. The molecule has 1 atom stereocenters. The van der Waals surface area contributed by atoms with Crippen molar-refractivity contribution in [2.24, 2.45) is 0 Å². The molecular weight excluding hydrogens is 470 g/mol. The van der Waals surface area contributed by atoms with Gasteiger partial charge in [-0.3, -0.25) is 10.0 Å². The first-order valence-electron chi connectivity index (χ1n) is 10.9. The molecule has 2 heterocycles. The van der Waals surface area contributed by atoms with Crippen LogP contribution in [0.1, 0.15) is 17.3 Å². The second-order valence-electron chi connectivity index (χ2n) is 8.06. The number of aromatic amines is 1. The summed E-state index contributed by atoms with van der Waals surface area (Å²) in [5.41, 5.74) is 3.74. The van der Waals surface area contributed by atoms with Gasteiger partial charge in [0.15, 0.2) is 0 Å². The summed E-state index contributed by atoms with van der Waals surface area (Å²) in [6.45, 7) is 0.0827. The number of para-hydroxylation sites is 1. The lowest BCUT2D eigenvalue weighted by Crippen LogP contribution is -2.46. The van der Waals surface area contributed by atoms with Crippen LogP contribution in [0, 0.1) is 0 Å². The van der Waals surface area contributed by atoms with E-state index in [0.29, 0.717) is 29.4 Å². The third-order valence-electron chi connectivity index (χ3n) is 6.07. The van der Waals surface area contributed by atoms with Gasteiger partial charge in [-0.2, -0.15) is 4.31 Å². The molecule has 1 aliphatic rings. The van der Waals surface area contributed by atoms with E-state index in [1.165, 1.54) is 12.1 Å². The molecule has 4 aromatic rings. The number of methoxy groups -OCH3 is 1. The van der Waals surface area contributed by atoms with Gasteiger partial charge in [0.1, 0.15) is 23.3 Å². The van der Waals surface area contributed by atoms with Crippen molar-refractivity contribution in [3.63, 3.8) is 0 Å². The molecule has 10 heteroatoms. The van der Waals surface area contributed by atoms with Crippen LogP contribution in [0.3, 0.4) is 0 Å². The fourth-order valence-electron chi connectivity index (χ4n) is 4.40. The molecule has 5 rings (SSSR count). The largest absolute Gasteiger partial charge is 0.497 e. The van der Waals surface area contributed by atoms with E-state index in [4.69, 9.17) is 9.47 Å². The van der Waals surface area contributed by atoms with Gasteiger partial charge in [0.2, 0.25) is 10.0 Å². The van der Waals surface area contributed by atoms with Crippen molar-refractivity contribution >= 4 is 26.8 Å². The summed E-state index contributed by atoms with van der Waals surface area (Å²) in [5, 5.41) is 10.3. The van der Waals surface area contributed by atoms with Crippen molar-refractivity contribution in [3.05, 3.63) is 84.1 Å². The standard InChI is InChI=1S/C25H23N3O6S/c1-33-16-6-8-17(9-7-16)34-18-10-12-19(13-11-18)35(31,32)28-15-14-21-20-4-2-3-5-22(20)26-23(21)24(28)25(29)27-30/h2-13,24,26,30H,14-15H2,1H3,(H,27,29)/t24-/m1/s1. The number of carbonyl (C=O) groups is 1. The second kappa shape index (κ2) is 9.06. The molecule has 0 saturated carbocycles. The Morgan fingerprint density at radius 2 is 1.63 bits per heavy atom. The van der Waals surface area contributed by atoms with Crippen LogP contribution in [-0.2, 0) is 21.2 Å². The van der Waals surface area contributed by atoms with E-state index in [1.54, 1.807) is 49.0 Å². The Bertz CT molecular complexity index is 1480. The Balaban J connectivity index is 1.45. The lowest BCUT2D eigenvalue weighted by molar-refractivity contribution is -0.133. The highest BCUT2D eigenvalue weighted by Crippen LogP contribution is 2.38. The van der Waals surface area contributed by atoms with Crippen molar-refractivity contribution in [1.82, 2.24) is 14.8 Å². The van der Waals surface area contributed by atoms with Gasteiger partial charge in [0, 0.05) is 23.1 Å². The monoisotopic (exact) mass is 493 g/mol. The number of fused-ring (bicyclic) bond motifs is 3. The second-order valence-corrected chi connectivity index (χ2v) is 9.95. The molecule has 0 spiro atoms. The number of nitrogens with zero attached hydrogens (tertiary/aromatic N) is 1. The third kappa shape index (κ3) is 4.12. The normalized spacial score (nSPS) is 16.0. The maximum absolute atomic E-state index is 13.6. The number of hydroxylamine groups is 1. The fraction of sp³-hybridized carbons (Fsp3) is 0.160. The number of hydrogen-bond donors (Lipinski definition) is 3. The highest BCUT2D eigenvalue weighted by atomic mass is 32.2. The van der Waals surface area contributed by atoms with E-state index in [9.17, 15) is 18.4 Å². The Morgan fingerprint density at radius 3 is 2.29 bits per heavy atom. The maximum atomic E-state index is 13.6. The number of amides is 1. The first-order valence-corrected chi connectivity index (χ1v) is 12.3. The molecule has 1 amide bonds. The van der Waals surface area contributed by atoms with E-state index < -0.39 is 22.0 Å². The number of sulfonamides is 1. The van der Waals surface area contributed by atoms with E-state index in [-0.39, 0.29) is 11.4 Å². The summed E-state index contributed by atoms with van der Waals surface area (Å²) in [6, 6.07) is 19.3. The summed E-state index contributed by atoms with van der Waals surface area (Å²) in [4.78, 5) is 15.9. The van der Waals surface area contributed by atoms with Crippen molar-refractivity contribution < 1.29 is 27.9 Å². The third-order valence-corrected chi connectivity index (χ3v) is 7.95. The van der Waals surface area contributed by atoms with Crippen LogP contribution in [0.25, 0.3) is 10.9 Å². The molecule has 0 radical (unpaired) electrons. The Morgan fingerprint density at radius 1 is 1.00 bits per heavy atom. The molecule has 180 valence electrons. The number of benzene rings is 3. The number of aromatic nitrogens is 1. The quantitative estimate of drug-likeness (QED) is 0.278. The molecule has 35 heavy (non-hydrogen) atoms. The molecule has 3 aromatic carbocycles. The fourth-order valence-corrected chi connectivity index (χ4v) is 5.96. The van der Waals surface area contributed by atoms with Crippen molar-refractivity contribution in [3.8, 4) is 17.2 Å². The molecule has 1 aliphatic heterocycles. The number of hydrogen-bond acceptors (Lipinski definition) is 6. The van der Waals surface area contributed by atoms with Crippen LogP contribution < -0.4 is 15.0 Å². The SMILES string of the molecule is COc1ccc(Oc2ccc(S(=O)(=O)N3CCc4c([nH]c5ccccc45)[C@@H]3C(=O)NO)cc2)cc1. The molecule has 0 aliphatic carbocycles. The number of nitrogens with one attached hydrogen (secondary N) is 2. The molecule has 0 fully saturated rings. The van der Waals surface area contributed by atoms with E-state index >= 15 is 0 Å². The van der Waals surface area contributed by atoms with E-state index in [0.717, 1.165) is 20.8 Å². The van der Waals surface area contributed by atoms with E-state index in [1.807, 2.05) is 24.3 Å². The summed E-state index contributed by atoms with van der Waals surface area (Å²) < 4.78 is 39.2. The van der Waals surface area contributed by atoms with Gasteiger partial charge >= 0.3 is 0 Å². The minimum atomic E-state index is -4.08. The number of ether oxygens (including phenoxy) is 2. The predicted octanol–water partition coefficient (Wildman–Crippen LogP) is 3.76. The van der Waals surface area contributed by atoms with E-state index in [2.05, 4.69) is 4.98 Å². The predicted molar refractivity (Wildman–Crippen MR) is 128 cm³/mol. The van der Waals surface area contributed by atoms with Gasteiger partial charge < -0.3 is 14.5 Å². The minimum Gasteiger partial charge on any atom is -0.497 e. The van der Waals surface area contributed by atoms with Crippen LogP contribution in [0.2, 0.25) is 0 Å². The molecular formula is C25H23N3O6S. The zero-order chi connectivity index (χ0) is 24.6. The summed E-state index contributed by atoms with van der Waals surface area (Å²) in [5.74, 6) is 0.888. The molecule has 9 nitrogen and oxygen atoms in total. The van der Waals surface area contributed by atoms with Gasteiger partial charge in [-0.25, -0.2) is 13.9 Å². The van der Waals surface area contributed by atoms with Gasteiger partial charge in [-0.1, -0.05) is 18.2 Å². The van der Waals surface area contributed by atoms with Crippen molar-refractivity contribution in [2.75, 3.05) is 13.7 Å². The Labute approximate surface area is 201 Å². The maximum Gasteiger partial charge on any atom is 0.267 e. The lowest BCUT2D eigenvalue weighted by Gasteiger charge is -2.33. The number of H-pyrrole nitrogens is 1. The van der Waals surface area contributed by atoms with Gasteiger partial charge in [0.25, 0.3) is 5.91 Å². The van der Waals surface area contributed by atoms with Crippen LogP contribution in [0.5, 0.6) is 17.2 Å². The smallest absolute Gasteiger partial charge is 0.267 e. The Hall–Kier alpha value is -3.86. The summed E-state index contributed by atoms with van der Waals surface area (Å²) in [7, 11) is -2.50. The molecule has 0 saturated heterocycles. The first-order chi connectivity index (χ1) is 16.9. The average Bonchev–Trinajstić information content (AvgIpc) is 3.27. The summed E-state index contributed by atoms with van der Waals surface area (Å²) in [6.07, 6.45) is 0.423. The minimum absolute atomic E-state index is 0.00915. The Kier molecular flexibility index (Phi) is 5.93. The van der Waals surface area contributed by atoms with Crippen LogP contribution in [-0.4, -0.2) is 42.5 Å². The lowest BCUT2D eigenvalue weighted by atomic mass is 9.99. The van der Waals surface area contributed by atoms with Gasteiger partial charge in [0.05, 0.1) is 12.0 Å². The highest BCUT2D eigenvalue weighted by molar-refractivity contribution is 7.89. The van der Waals surface area contributed by atoms with Gasteiger partial charge in [-0.05, 0) is 66.6 Å². The molecule has 0 bridgehead atoms. The topological polar surface area (TPSA) is 121 Å². The van der Waals surface area contributed by atoms with Crippen LogP contribution in [0.15, 0.2) is 77.7 Å². The van der Waals surface area contributed by atoms with Crippen molar-refractivity contribution in [1.29, 1.82) is 0 Å². The number of rotatable bonds is 6. The molecule has 0 unspecified atom stereocenters. The van der Waals surface area contributed by atoms with Crippen LogP contribution in [0.4, 0.5) is 0 Å². The highest BCUT2D eigenvalue weighted by Gasteiger charge is 2.42. The number of carbonyl (C=O) groups excluding carboxylic acids is 1. The molecule has 3 N–H and O–H groups in total.